The molecule has 0 aliphatic carbocycles. The Morgan fingerprint density at radius 2 is 1.85 bits per heavy atom. The number of pyridine rings is 1. The first-order valence-corrected chi connectivity index (χ1v) is 7.20. The van der Waals surface area contributed by atoms with Gasteiger partial charge in [-0.25, -0.2) is 0 Å². The van der Waals surface area contributed by atoms with Crippen molar-refractivity contribution < 1.29 is 4.74 Å². The zero-order valence-corrected chi connectivity index (χ0v) is 12.7. The minimum Gasteiger partial charge on any atom is -0.383 e. The Kier molecular flexibility index (Phi) is 5.04. The van der Waals surface area contributed by atoms with E-state index in [9.17, 15) is 4.79 Å². The first kappa shape index (κ1) is 14.9. The first-order valence-electron chi connectivity index (χ1n) is 6.57. The van der Waals surface area contributed by atoms with E-state index in [0.717, 1.165) is 11.3 Å². The van der Waals surface area contributed by atoms with Crippen LogP contribution >= 0.6 is 12.6 Å². The highest BCUT2D eigenvalue weighted by molar-refractivity contribution is 7.79. The molecule has 1 aromatic heterocycles. The van der Waals surface area contributed by atoms with Crippen molar-refractivity contribution >= 4 is 12.6 Å². The molecule has 3 nitrogen and oxygen atoms in total. The second-order valence-electron chi connectivity index (χ2n) is 4.72. The van der Waals surface area contributed by atoms with Gasteiger partial charge in [-0.1, -0.05) is 35.9 Å². The average molecular weight is 289 g/mol. The number of aromatic nitrogens is 1. The number of thiol groups is 1. The van der Waals surface area contributed by atoms with E-state index in [1.807, 2.05) is 43.3 Å². The molecule has 20 heavy (non-hydrogen) atoms. The molecule has 0 radical (unpaired) electrons. The number of aryl methyl sites for hydroxylation is 1. The summed E-state index contributed by atoms with van der Waals surface area (Å²) in [4.78, 5) is 12.4. The van der Waals surface area contributed by atoms with E-state index in [0.29, 0.717) is 24.5 Å². The number of hydrogen-bond acceptors (Lipinski definition) is 3. The molecule has 0 saturated carbocycles. The van der Waals surface area contributed by atoms with Gasteiger partial charge in [0.2, 0.25) is 0 Å². The molecule has 0 amide bonds. The number of rotatable bonds is 5. The molecule has 0 saturated heterocycles. The highest BCUT2D eigenvalue weighted by atomic mass is 32.1. The third kappa shape index (κ3) is 3.14. The standard InChI is InChI=1S/C16H19NO2S/c1-12-3-5-13(6-4-12)15-8-7-14(11-20)16(18)17(15)9-10-19-2/h3-8,20H,9-11H2,1-2H3. The predicted molar refractivity (Wildman–Crippen MR) is 85.4 cm³/mol. The fourth-order valence-electron chi connectivity index (χ4n) is 2.12. The molecule has 106 valence electrons. The Bertz CT molecular complexity index is 632. The van der Waals surface area contributed by atoms with E-state index in [4.69, 9.17) is 4.74 Å². The van der Waals surface area contributed by atoms with Crippen LogP contribution in [0.4, 0.5) is 0 Å². The second-order valence-corrected chi connectivity index (χ2v) is 5.03. The van der Waals surface area contributed by atoms with E-state index in [-0.39, 0.29) is 5.56 Å². The number of hydrogen-bond donors (Lipinski definition) is 1. The summed E-state index contributed by atoms with van der Waals surface area (Å²) in [5, 5.41) is 0. The molecule has 0 unspecified atom stereocenters. The van der Waals surface area contributed by atoms with Crippen molar-refractivity contribution in [3.63, 3.8) is 0 Å². The Morgan fingerprint density at radius 3 is 2.45 bits per heavy atom. The van der Waals surface area contributed by atoms with Crippen LogP contribution in [-0.2, 0) is 17.0 Å². The van der Waals surface area contributed by atoms with Gasteiger partial charge in [-0.3, -0.25) is 4.79 Å². The fraction of sp³-hybridized carbons (Fsp3) is 0.312. The summed E-state index contributed by atoms with van der Waals surface area (Å²) in [5.41, 5.74) is 3.87. The van der Waals surface area contributed by atoms with Crippen molar-refractivity contribution in [2.45, 2.75) is 19.2 Å². The second kappa shape index (κ2) is 6.77. The van der Waals surface area contributed by atoms with Gasteiger partial charge in [0.15, 0.2) is 0 Å². The first-order chi connectivity index (χ1) is 9.67. The maximum atomic E-state index is 12.4. The molecule has 0 aliphatic rings. The van der Waals surface area contributed by atoms with Gasteiger partial charge in [-0.05, 0) is 18.6 Å². The molecule has 4 heteroatoms. The topological polar surface area (TPSA) is 31.2 Å². The molecule has 0 fully saturated rings. The molecule has 0 spiro atoms. The van der Waals surface area contributed by atoms with Crippen LogP contribution in [0.2, 0.25) is 0 Å². The maximum absolute atomic E-state index is 12.4. The fourth-order valence-corrected chi connectivity index (χ4v) is 2.37. The molecule has 2 rings (SSSR count). The molecule has 0 bridgehead atoms. The lowest BCUT2D eigenvalue weighted by Crippen LogP contribution is -2.26. The number of benzene rings is 1. The minimum absolute atomic E-state index is 0.00938. The molecule has 1 aromatic carbocycles. The Morgan fingerprint density at radius 1 is 1.15 bits per heavy atom. The highest BCUT2D eigenvalue weighted by Crippen LogP contribution is 2.19. The Labute approximate surface area is 124 Å². The van der Waals surface area contributed by atoms with Gasteiger partial charge in [-0.15, -0.1) is 0 Å². The van der Waals surface area contributed by atoms with Crippen LogP contribution in [0.3, 0.4) is 0 Å². The van der Waals surface area contributed by atoms with E-state index >= 15 is 0 Å². The normalized spacial score (nSPS) is 10.8. The lowest BCUT2D eigenvalue weighted by atomic mass is 10.1. The van der Waals surface area contributed by atoms with Crippen molar-refractivity contribution in [1.82, 2.24) is 4.57 Å². The van der Waals surface area contributed by atoms with Crippen LogP contribution in [0.25, 0.3) is 11.3 Å². The Balaban J connectivity index is 2.54. The van der Waals surface area contributed by atoms with Gasteiger partial charge in [0.1, 0.15) is 0 Å². The maximum Gasteiger partial charge on any atom is 0.255 e. The smallest absolute Gasteiger partial charge is 0.255 e. The average Bonchev–Trinajstić information content (AvgIpc) is 2.47. The van der Waals surface area contributed by atoms with Gasteiger partial charge in [0.05, 0.1) is 12.3 Å². The van der Waals surface area contributed by atoms with Crippen LogP contribution in [0, 0.1) is 6.92 Å². The van der Waals surface area contributed by atoms with Crippen molar-refractivity contribution in [2.75, 3.05) is 13.7 Å². The molecule has 1 heterocycles. The minimum atomic E-state index is 0.00938. The molecular formula is C16H19NO2S. The molecule has 0 atom stereocenters. The summed E-state index contributed by atoms with van der Waals surface area (Å²) in [6.07, 6.45) is 0. The molecular weight excluding hydrogens is 270 g/mol. The zero-order valence-electron chi connectivity index (χ0n) is 11.8. The third-order valence-corrected chi connectivity index (χ3v) is 3.63. The van der Waals surface area contributed by atoms with Crippen molar-refractivity contribution in [1.29, 1.82) is 0 Å². The number of nitrogens with zero attached hydrogens (tertiary/aromatic N) is 1. The lowest BCUT2D eigenvalue weighted by Gasteiger charge is -2.14. The summed E-state index contributed by atoms with van der Waals surface area (Å²) in [7, 11) is 1.64. The van der Waals surface area contributed by atoms with E-state index in [1.54, 1.807) is 11.7 Å². The van der Waals surface area contributed by atoms with Crippen LogP contribution < -0.4 is 5.56 Å². The van der Waals surface area contributed by atoms with E-state index < -0.39 is 0 Å². The van der Waals surface area contributed by atoms with Crippen LogP contribution in [0.15, 0.2) is 41.2 Å². The quantitative estimate of drug-likeness (QED) is 0.858. The van der Waals surface area contributed by atoms with Gasteiger partial charge < -0.3 is 9.30 Å². The zero-order chi connectivity index (χ0) is 14.5. The van der Waals surface area contributed by atoms with Gasteiger partial charge in [0, 0.05) is 25.0 Å². The van der Waals surface area contributed by atoms with Crippen molar-refractivity contribution in [3.05, 3.63) is 57.9 Å². The third-order valence-electron chi connectivity index (χ3n) is 3.29. The lowest BCUT2D eigenvalue weighted by molar-refractivity contribution is 0.186. The summed E-state index contributed by atoms with van der Waals surface area (Å²) in [6, 6.07) is 12.0. The van der Waals surface area contributed by atoms with Gasteiger partial charge in [0.25, 0.3) is 5.56 Å². The van der Waals surface area contributed by atoms with Crippen LogP contribution in [0.5, 0.6) is 0 Å². The number of methoxy groups -OCH3 is 1. The van der Waals surface area contributed by atoms with Crippen LogP contribution in [0.1, 0.15) is 11.1 Å². The van der Waals surface area contributed by atoms with Crippen molar-refractivity contribution in [3.8, 4) is 11.3 Å². The summed E-state index contributed by atoms with van der Waals surface area (Å²) in [6.45, 7) is 3.10. The largest absolute Gasteiger partial charge is 0.383 e. The van der Waals surface area contributed by atoms with Gasteiger partial charge >= 0.3 is 0 Å². The molecule has 2 aromatic rings. The summed E-state index contributed by atoms with van der Waals surface area (Å²) < 4.78 is 6.87. The molecule has 0 aliphatic heterocycles. The van der Waals surface area contributed by atoms with Crippen LogP contribution in [-0.4, -0.2) is 18.3 Å². The number of ether oxygens (including phenoxy) is 1. The van der Waals surface area contributed by atoms with Gasteiger partial charge in [-0.2, -0.15) is 12.6 Å². The molecule has 0 N–H and O–H groups in total. The van der Waals surface area contributed by atoms with E-state index in [2.05, 4.69) is 12.6 Å². The monoisotopic (exact) mass is 289 g/mol. The van der Waals surface area contributed by atoms with Crippen molar-refractivity contribution in [2.24, 2.45) is 0 Å². The SMILES string of the molecule is COCCn1c(-c2ccc(C)cc2)ccc(CS)c1=O. The highest BCUT2D eigenvalue weighted by Gasteiger charge is 2.09. The summed E-state index contributed by atoms with van der Waals surface area (Å²) >= 11 is 4.21. The Hall–Kier alpha value is -1.52. The predicted octanol–water partition coefficient (Wildman–Crippen LogP) is 2.90. The summed E-state index contributed by atoms with van der Waals surface area (Å²) in [5.74, 6) is 0.444. The van der Waals surface area contributed by atoms with E-state index in [1.165, 1.54) is 5.56 Å².